The van der Waals surface area contributed by atoms with Crippen molar-refractivity contribution in [2.75, 3.05) is 26.2 Å². The molecule has 0 saturated carbocycles. The highest BCUT2D eigenvalue weighted by atomic mass is 35.5. The number of hydrogen-bond donors (Lipinski definition) is 1. The van der Waals surface area contributed by atoms with E-state index in [1.54, 1.807) is 0 Å². The Morgan fingerprint density at radius 3 is 2.73 bits per heavy atom. The van der Waals surface area contributed by atoms with Crippen LogP contribution in [0.3, 0.4) is 0 Å². The first kappa shape index (κ1) is 11.1. The van der Waals surface area contributed by atoms with Crippen LogP contribution in [0.5, 0.6) is 0 Å². The van der Waals surface area contributed by atoms with Crippen molar-refractivity contribution < 1.29 is 4.39 Å². The van der Waals surface area contributed by atoms with Crippen LogP contribution < -0.4 is 5.73 Å². The Hall–Kier alpha value is 0.140. The van der Waals surface area contributed by atoms with E-state index in [0.717, 1.165) is 19.5 Å². The number of hydrogen-bond acceptors (Lipinski definition) is 2. The Balaban J connectivity index is 0.000001000. The molecule has 4 heteroatoms. The van der Waals surface area contributed by atoms with Crippen LogP contribution >= 0.6 is 12.4 Å². The molecule has 0 aromatic heterocycles. The maximum Gasteiger partial charge on any atom is 0.114 e. The number of halogens is 2. The number of nitrogens with zero attached hydrogens (tertiary/aromatic N) is 1. The van der Waals surface area contributed by atoms with Crippen molar-refractivity contribution in [1.29, 1.82) is 0 Å². The normalized spacial score (nSPS) is 25.1. The monoisotopic (exact) mass is 182 g/mol. The van der Waals surface area contributed by atoms with Gasteiger partial charge >= 0.3 is 0 Å². The van der Waals surface area contributed by atoms with Gasteiger partial charge in [0, 0.05) is 13.1 Å². The van der Waals surface area contributed by atoms with Crippen LogP contribution in [0.4, 0.5) is 4.39 Å². The van der Waals surface area contributed by atoms with Crippen LogP contribution in [0.15, 0.2) is 0 Å². The lowest BCUT2D eigenvalue weighted by atomic mass is 10.3. The molecule has 1 atom stereocenters. The maximum atomic E-state index is 12.5. The molecule has 1 saturated heterocycles. The predicted octanol–water partition coefficient (Wildman–Crippen LogP) is 0.801. The zero-order valence-corrected chi connectivity index (χ0v) is 7.45. The number of nitrogens with two attached hydrogens (primary N) is 1. The molecule has 11 heavy (non-hydrogen) atoms. The quantitative estimate of drug-likeness (QED) is 0.700. The van der Waals surface area contributed by atoms with Crippen molar-refractivity contribution in [2.45, 2.75) is 19.0 Å². The molecule has 0 amide bonds. The second-order valence-corrected chi connectivity index (χ2v) is 2.83. The third-order valence-electron chi connectivity index (χ3n) is 1.89. The van der Waals surface area contributed by atoms with Gasteiger partial charge in [-0.1, -0.05) is 0 Å². The molecule has 0 spiro atoms. The Morgan fingerprint density at radius 1 is 1.55 bits per heavy atom. The first-order valence-electron chi connectivity index (χ1n) is 3.89. The fraction of sp³-hybridized carbons (Fsp3) is 1.00. The second-order valence-electron chi connectivity index (χ2n) is 2.83. The molecule has 0 bridgehead atoms. The molecule has 1 heterocycles. The predicted molar refractivity (Wildman–Crippen MR) is 46.9 cm³/mol. The van der Waals surface area contributed by atoms with E-state index < -0.39 is 6.17 Å². The summed E-state index contributed by atoms with van der Waals surface area (Å²) in [6, 6.07) is 0. The van der Waals surface area contributed by atoms with E-state index in [2.05, 4.69) is 4.90 Å². The summed E-state index contributed by atoms with van der Waals surface area (Å²) in [7, 11) is 0. The van der Waals surface area contributed by atoms with Gasteiger partial charge in [-0.25, -0.2) is 4.39 Å². The summed E-state index contributed by atoms with van der Waals surface area (Å²) in [6.07, 6.45) is 1.12. The van der Waals surface area contributed by atoms with Crippen LogP contribution in [0, 0.1) is 0 Å². The van der Waals surface area contributed by atoms with Crippen LogP contribution in [0.2, 0.25) is 0 Å². The van der Waals surface area contributed by atoms with Crippen molar-refractivity contribution in [3.05, 3.63) is 0 Å². The van der Waals surface area contributed by atoms with Gasteiger partial charge in [-0.05, 0) is 25.9 Å². The maximum absolute atomic E-state index is 12.5. The van der Waals surface area contributed by atoms with Gasteiger partial charge in [-0.15, -0.1) is 12.4 Å². The van der Waals surface area contributed by atoms with E-state index >= 15 is 0 Å². The van der Waals surface area contributed by atoms with E-state index in [1.807, 2.05) is 0 Å². The van der Waals surface area contributed by atoms with E-state index in [4.69, 9.17) is 5.73 Å². The largest absolute Gasteiger partial charge is 0.330 e. The molecule has 68 valence electrons. The summed E-state index contributed by atoms with van der Waals surface area (Å²) in [6.45, 7) is 3.23. The average Bonchev–Trinajstić information content (AvgIpc) is 2.31. The molecule has 0 radical (unpaired) electrons. The van der Waals surface area contributed by atoms with Gasteiger partial charge in [0.25, 0.3) is 0 Å². The summed E-state index contributed by atoms with van der Waals surface area (Å²) in [5.74, 6) is 0. The van der Waals surface area contributed by atoms with Crippen molar-refractivity contribution in [2.24, 2.45) is 5.73 Å². The SMILES string of the molecule is Cl.NCCCN1CCC(F)C1. The molecule has 1 fully saturated rings. The molecule has 0 aromatic carbocycles. The van der Waals surface area contributed by atoms with Gasteiger partial charge in [-0.2, -0.15) is 0 Å². The van der Waals surface area contributed by atoms with Crippen molar-refractivity contribution in [3.63, 3.8) is 0 Å². The minimum atomic E-state index is -0.585. The average molecular weight is 183 g/mol. The highest BCUT2D eigenvalue weighted by Crippen LogP contribution is 2.11. The standard InChI is InChI=1S/C7H15FN2.ClH/c8-7-2-5-10(6-7)4-1-3-9;/h7H,1-6,9H2;1H. The van der Waals surface area contributed by atoms with E-state index in [0.29, 0.717) is 19.5 Å². The molecular weight excluding hydrogens is 167 g/mol. The first-order valence-corrected chi connectivity index (χ1v) is 3.89. The molecule has 1 aliphatic rings. The van der Waals surface area contributed by atoms with Gasteiger partial charge in [0.05, 0.1) is 0 Å². The minimum absolute atomic E-state index is 0. The molecule has 2 N–H and O–H groups in total. The zero-order valence-electron chi connectivity index (χ0n) is 6.63. The lowest BCUT2D eigenvalue weighted by Gasteiger charge is -2.12. The Kier molecular flexibility index (Phi) is 5.82. The zero-order chi connectivity index (χ0) is 7.40. The fourth-order valence-corrected chi connectivity index (χ4v) is 1.30. The molecular formula is C7H16ClFN2. The third kappa shape index (κ3) is 3.89. The number of alkyl halides is 1. The van der Waals surface area contributed by atoms with Gasteiger partial charge in [0.1, 0.15) is 6.17 Å². The van der Waals surface area contributed by atoms with Crippen LogP contribution in [0.1, 0.15) is 12.8 Å². The molecule has 2 nitrogen and oxygen atoms in total. The van der Waals surface area contributed by atoms with Gasteiger partial charge in [0.2, 0.25) is 0 Å². The molecule has 1 unspecified atom stereocenters. The lowest BCUT2D eigenvalue weighted by Crippen LogP contribution is -2.23. The van der Waals surface area contributed by atoms with E-state index in [9.17, 15) is 4.39 Å². The first-order chi connectivity index (χ1) is 4.83. The summed E-state index contributed by atoms with van der Waals surface area (Å²) < 4.78 is 12.5. The summed E-state index contributed by atoms with van der Waals surface area (Å²) >= 11 is 0. The van der Waals surface area contributed by atoms with E-state index in [1.165, 1.54) is 0 Å². The highest BCUT2D eigenvalue weighted by Gasteiger charge is 2.20. The van der Waals surface area contributed by atoms with E-state index in [-0.39, 0.29) is 12.4 Å². The highest BCUT2D eigenvalue weighted by molar-refractivity contribution is 5.85. The number of likely N-dealkylation sites (tertiary alicyclic amines) is 1. The van der Waals surface area contributed by atoms with Gasteiger partial charge in [0.15, 0.2) is 0 Å². The van der Waals surface area contributed by atoms with Crippen molar-refractivity contribution in [1.82, 2.24) is 4.90 Å². The van der Waals surface area contributed by atoms with Crippen LogP contribution in [-0.4, -0.2) is 37.3 Å². The topological polar surface area (TPSA) is 29.3 Å². The molecule has 0 aliphatic carbocycles. The van der Waals surface area contributed by atoms with Gasteiger partial charge < -0.3 is 10.6 Å². The summed E-state index contributed by atoms with van der Waals surface area (Å²) in [4.78, 5) is 2.14. The second kappa shape index (κ2) is 5.75. The van der Waals surface area contributed by atoms with Crippen LogP contribution in [-0.2, 0) is 0 Å². The Labute approximate surface area is 73.3 Å². The molecule has 1 rings (SSSR count). The lowest BCUT2D eigenvalue weighted by molar-refractivity contribution is 0.286. The fourth-order valence-electron chi connectivity index (χ4n) is 1.30. The van der Waals surface area contributed by atoms with Gasteiger partial charge in [-0.3, -0.25) is 0 Å². The Morgan fingerprint density at radius 2 is 2.27 bits per heavy atom. The summed E-state index contributed by atoms with van der Waals surface area (Å²) in [5, 5.41) is 0. The van der Waals surface area contributed by atoms with Crippen molar-refractivity contribution >= 4 is 12.4 Å². The summed E-state index contributed by atoms with van der Waals surface area (Å²) in [5.41, 5.74) is 5.32. The minimum Gasteiger partial charge on any atom is -0.330 e. The van der Waals surface area contributed by atoms with Crippen LogP contribution in [0.25, 0.3) is 0 Å². The smallest absolute Gasteiger partial charge is 0.114 e. The number of rotatable bonds is 3. The molecule has 0 aromatic rings. The van der Waals surface area contributed by atoms with Crippen molar-refractivity contribution in [3.8, 4) is 0 Å². The Bertz CT molecular complexity index is 102. The molecule has 1 aliphatic heterocycles. The third-order valence-corrected chi connectivity index (χ3v) is 1.89.